The molecule has 1 aromatic heterocycles. The molecule has 0 aromatic carbocycles. The maximum atomic E-state index is 11.3. The number of aromatic nitrogens is 2. The molecule has 1 saturated carbocycles. The van der Waals surface area contributed by atoms with Gasteiger partial charge in [0.15, 0.2) is 0 Å². The highest BCUT2D eigenvalue weighted by atomic mass is 16.1. The van der Waals surface area contributed by atoms with E-state index < -0.39 is 0 Å². The zero-order chi connectivity index (χ0) is 11.9. The molecule has 0 spiro atoms. The molecule has 5 nitrogen and oxygen atoms in total. The highest BCUT2D eigenvalue weighted by Gasteiger charge is 2.22. The average Bonchev–Trinajstić information content (AvgIpc) is 2.96. The largest absolute Gasteiger partial charge is 0.353 e. The molecule has 1 fully saturated rings. The molecule has 17 heavy (non-hydrogen) atoms. The van der Waals surface area contributed by atoms with E-state index in [0.717, 1.165) is 38.9 Å². The SMILES string of the molecule is O=C(CCNCCCn1cccn1)NC1CC1. The Bertz CT molecular complexity index is 332. The van der Waals surface area contributed by atoms with Gasteiger partial charge in [-0.15, -0.1) is 0 Å². The average molecular weight is 236 g/mol. The van der Waals surface area contributed by atoms with Crippen LogP contribution in [0.5, 0.6) is 0 Å². The maximum Gasteiger partial charge on any atom is 0.221 e. The highest BCUT2D eigenvalue weighted by Crippen LogP contribution is 2.18. The van der Waals surface area contributed by atoms with Crippen molar-refractivity contribution in [3.63, 3.8) is 0 Å². The zero-order valence-electron chi connectivity index (χ0n) is 10.1. The Morgan fingerprint density at radius 1 is 1.41 bits per heavy atom. The fraction of sp³-hybridized carbons (Fsp3) is 0.667. The van der Waals surface area contributed by atoms with Crippen LogP contribution in [0.3, 0.4) is 0 Å². The minimum atomic E-state index is 0.173. The minimum absolute atomic E-state index is 0.173. The van der Waals surface area contributed by atoms with Gasteiger partial charge < -0.3 is 10.6 Å². The molecule has 0 radical (unpaired) electrons. The lowest BCUT2D eigenvalue weighted by Gasteiger charge is -2.05. The van der Waals surface area contributed by atoms with Crippen molar-refractivity contribution < 1.29 is 4.79 Å². The summed E-state index contributed by atoms with van der Waals surface area (Å²) in [6.07, 6.45) is 7.68. The Balaban J connectivity index is 1.42. The third-order valence-electron chi connectivity index (χ3n) is 2.77. The number of aryl methyl sites for hydroxylation is 1. The van der Waals surface area contributed by atoms with E-state index in [0.29, 0.717) is 12.5 Å². The summed E-state index contributed by atoms with van der Waals surface area (Å²) in [4.78, 5) is 11.3. The summed E-state index contributed by atoms with van der Waals surface area (Å²) in [5.74, 6) is 0.173. The summed E-state index contributed by atoms with van der Waals surface area (Å²) in [5, 5.41) is 10.4. The Labute approximate surface area is 102 Å². The minimum Gasteiger partial charge on any atom is -0.353 e. The van der Waals surface area contributed by atoms with Crippen LogP contribution in [0.15, 0.2) is 18.5 Å². The van der Waals surface area contributed by atoms with Gasteiger partial charge in [-0.1, -0.05) is 0 Å². The molecule has 1 aromatic rings. The summed E-state index contributed by atoms with van der Waals surface area (Å²) >= 11 is 0. The summed E-state index contributed by atoms with van der Waals surface area (Å²) in [5.41, 5.74) is 0. The lowest BCUT2D eigenvalue weighted by molar-refractivity contribution is -0.121. The molecule has 1 heterocycles. The summed E-state index contributed by atoms with van der Waals surface area (Å²) in [6, 6.07) is 2.40. The number of hydrogen-bond acceptors (Lipinski definition) is 3. The standard InChI is InChI=1S/C12H20N4O/c17-12(15-11-3-4-11)5-8-13-6-1-9-16-10-2-7-14-16/h2,7,10-11,13H,1,3-6,8-9H2,(H,15,17). The van der Waals surface area contributed by atoms with Crippen LogP contribution in [0.4, 0.5) is 0 Å². The van der Waals surface area contributed by atoms with Crippen LogP contribution < -0.4 is 10.6 Å². The van der Waals surface area contributed by atoms with Crippen molar-refractivity contribution in [1.29, 1.82) is 0 Å². The lowest BCUT2D eigenvalue weighted by atomic mass is 10.3. The third-order valence-corrected chi connectivity index (χ3v) is 2.77. The molecule has 0 saturated heterocycles. The molecule has 1 aliphatic rings. The molecule has 94 valence electrons. The number of nitrogens with one attached hydrogen (secondary N) is 2. The molecule has 2 N–H and O–H groups in total. The molecule has 5 heteroatoms. The van der Waals surface area contributed by atoms with E-state index in [4.69, 9.17) is 0 Å². The number of carbonyl (C=O) groups is 1. The highest BCUT2D eigenvalue weighted by molar-refractivity contribution is 5.76. The van der Waals surface area contributed by atoms with Crippen molar-refractivity contribution in [3.8, 4) is 0 Å². The van der Waals surface area contributed by atoms with Crippen LogP contribution in [-0.2, 0) is 11.3 Å². The smallest absolute Gasteiger partial charge is 0.221 e. The molecule has 2 rings (SSSR count). The van der Waals surface area contributed by atoms with E-state index in [2.05, 4.69) is 15.7 Å². The van der Waals surface area contributed by atoms with Crippen molar-refractivity contribution in [2.75, 3.05) is 13.1 Å². The molecule has 0 unspecified atom stereocenters. The van der Waals surface area contributed by atoms with Crippen molar-refractivity contribution in [2.24, 2.45) is 0 Å². The molecule has 0 bridgehead atoms. The number of hydrogen-bond donors (Lipinski definition) is 2. The maximum absolute atomic E-state index is 11.3. The van der Waals surface area contributed by atoms with Crippen LogP contribution in [0.25, 0.3) is 0 Å². The molecular weight excluding hydrogens is 216 g/mol. The lowest BCUT2D eigenvalue weighted by Crippen LogP contribution is -2.29. The predicted molar refractivity (Wildman–Crippen MR) is 65.5 cm³/mol. The predicted octanol–water partition coefficient (Wildman–Crippen LogP) is 0.531. The monoisotopic (exact) mass is 236 g/mol. The Morgan fingerprint density at radius 3 is 3.00 bits per heavy atom. The van der Waals surface area contributed by atoms with E-state index >= 15 is 0 Å². The Morgan fingerprint density at radius 2 is 2.29 bits per heavy atom. The quantitative estimate of drug-likeness (QED) is 0.647. The van der Waals surface area contributed by atoms with Gasteiger partial charge in [-0.2, -0.15) is 5.10 Å². The van der Waals surface area contributed by atoms with Crippen LogP contribution in [0.2, 0.25) is 0 Å². The van der Waals surface area contributed by atoms with Gasteiger partial charge in [0.2, 0.25) is 5.91 Å². The van der Waals surface area contributed by atoms with Crippen molar-refractivity contribution in [1.82, 2.24) is 20.4 Å². The summed E-state index contributed by atoms with van der Waals surface area (Å²) < 4.78 is 1.92. The van der Waals surface area contributed by atoms with E-state index in [1.54, 1.807) is 6.20 Å². The topological polar surface area (TPSA) is 59.0 Å². The van der Waals surface area contributed by atoms with Crippen LogP contribution >= 0.6 is 0 Å². The molecule has 0 aliphatic heterocycles. The second kappa shape index (κ2) is 6.39. The van der Waals surface area contributed by atoms with Crippen molar-refractivity contribution in [3.05, 3.63) is 18.5 Å². The van der Waals surface area contributed by atoms with Gasteiger partial charge in [-0.3, -0.25) is 9.48 Å². The second-order valence-corrected chi connectivity index (χ2v) is 4.46. The van der Waals surface area contributed by atoms with Crippen LogP contribution in [-0.4, -0.2) is 34.8 Å². The third kappa shape index (κ3) is 4.99. The van der Waals surface area contributed by atoms with Crippen LogP contribution in [0, 0.1) is 0 Å². The first kappa shape index (κ1) is 12.1. The zero-order valence-corrected chi connectivity index (χ0v) is 10.1. The number of nitrogens with zero attached hydrogens (tertiary/aromatic N) is 2. The van der Waals surface area contributed by atoms with E-state index in [1.807, 2.05) is 16.9 Å². The van der Waals surface area contributed by atoms with E-state index in [1.165, 1.54) is 0 Å². The van der Waals surface area contributed by atoms with Gasteiger partial charge in [-0.25, -0.2) is 0 Å². The van der Waals surface area contributed by atoms with E-state index in [-0.39, 0.29) is 5.91 Å². The van der Waals surface area contributed by atoms with Gasteiger partial charge in [0.1, 0.15) is 0 Å². The van der Waals surface area contributed by atoms with Gasteiger partial charge in [0.25, 0.3) is 0 Å². The van der Waals surface area contributed by atoms with Crippen LogP contribution in [0.1, 0.15) is 25.7 Å². The first-order chi connectivity index (χ1) is 8.34. The molecular formula is C12H20N4O. The fourth-order valence-electron chi connectivity index (χ4n) is 1.65. The molecule has 0 atom stereocenters. The molecule has 1 amide bonds. The number of amides is 1. The Kier molecular flexibility index (Phi) is 4.55. The first-order valence-corrected chi connectivity index (χ1v) is 6.32. The van der Waals surface area contributed by atoms with Gasteiger partial charge in [0.05, 0.1) is 0 Å². The van der Waals surface area contributed by atoms with Crippen molar-refractivity contribution in [2.45, 2.75) is 38.3 Å². The number of carbonyl (C=O) groups excluding carboxylic acids is 1. The van der Waals surface area contributed by atoms with Gasteiger partial charge in [0, 0.05) is 37.9 Å². The van der Waals surface area contributed by atoms with E-state index in [9.17, 15) is 4.79 Å². The van der Waals surface area contributed by atoms with Crippen molar-refractivity contribution >= 4 is 5.91 Å². The Hall–Kier alpha value is -1.36. The summed E-state index contributed by atoms with van der Waals surface area (Å²) in [7, 11) is 0. The normalized spacial score (nSPS) is 14.8. The number of rotatable bonds is 8. The fourth-order valence-corrected chi connectivity index (χ4v) is 1.65. The first-order valence-electron chi connectivity index (χ1n) is 6.32. The van der Waals surface area contributed by atoms with Gasteiger partial charge >= 0.3 is 0 Å². The second-order valence-electron chi connectivity index (χ2n) is 4.46. The molecule has 1 aliphatic carbocycles. The summed E-state index contributed by atoms with van der Waals surface area (Å²) in [6.45, 7) is 2.61. The van der Waals surface area contributed by atoms with Gasteiger partial charge in [-0.05, 0) is 31.9 Å².